The van der Waals surface area contributed by atoms with Gasteiger partial charge in [0.2, 0.25) is 5.91 Å². The van der Waals surface area contributed by atoms with E-state index in [4.69, 9.17) is 5.11 Å². The highest BCUT2D eigenvalue weighted by molar-refractivity contribution is 5.83. The molecule has 4 nitrogen and oxygen atoms in total. The summed E-state index contributed by atoms with van der Waals surface area (Å²) in [6, 6.07) is 7.60. The molecule has 0 unspecified atom stereocenters. The fraction of sp³-hybridized carbons (Fsp3) is 0.286. The molecule has 0 saturated carbocycles. The number of hydrogen-bond acceptors (Lipinski definition) is 2. The summed E-state index contributed by atoms with van der Waals surface area (Å²) < 4.78 is 0. The average Bonchev–Trinajstić information content (AvgIpc) is 2.28. The predicted molar refractivity (Wildman–Crippen MR) is 69.3 cm³/mol. The van der Waals surface area contributed by atoms with Crippen molar-refractivity contribution < 1.29 is 14.7 Å². The van der Waals surface area contributed by atoms with Gasteiger partial charge < -0.3 is 10.4 Å². The lowest BCUT2D eigenvalue weighted by molar-refractivity contribution is -0.137. The Morgan fingerprint density at radius 2 is 1.78 bits per heavy atom. The van der Waals surface area contributed by atoms with Crippen molar-refractivity contribution in [2.45, 2.75) is 19.8 Å². The van der Waals surface area contributed by atoms with Crippen molar-refractivity contribution in [2.24, 2.45) is 0 Å². The van der Waals surface area contributed by atoms with Crippen molar-refractivity contribution in [3.63, 3.8) is 0 Å². The van der Waals surface area contributed by atoms with E-state index in [1.54, 1.807) is 0 Å². The van der Waals surface area contributed by atoms with Crippen LogP contribution in [-0.4, -0.2) is 23.5 Å². The molecule has 0 atom stereocenters. The summed E-state index contributed by atoms with van der Waals surface area (Å²) in [7, 11) is 0. The van der Waals surface area contributed by atoms with Crippen molar-refractivity contribution >= 4 is 11.9 Å². The minimum Gasteiger partial charge on any atom is -0.480 e. The number of rotatable bonds is 6. The van der Waals surface area contributed by atoms with Crippen molar-refractivity contribution in [3.05, 3.63) is 47.5 Å². The molecule has 18 heavy (non-hydrogen) atoms. The van der Waals surface area contributed by atoms with Gasteiger partial charge in [-0.15, -0.1) is 0 Å². The van der Waals surface area contributed by atoms with Gasteiger partial charge in [-0.2, -0.15) is 0 Å². The second kappa shape index (κ2) is 6.59. The quantitative estimate of drug-likeness (QED) is 0.749. The van der Waals surface area contributed by atoms with Gasteiger partial charge in [-0.05, 0) is 24.5 Å². The standard InChI is InChI=1S/C14H17NO3/c1-10(2)7-11-5-3-4-6-12(11)8-13(16)15-9-14(17)18/h3-6H,1,7-9H2,2H3,(H,15,16)(H,17,18). The monoisotopic (exact) mass is 247 g/mol. The Labute approximate surface area is 106 Å². The molecule has 0 aliphatic heterocycles. The third kappa shape index (κ3) is 4.82. The fourth-order valence-electron chi connectivity index (χ4n) is 1.64. The fourth-order valence-corrected chi connectivity index (χ4v) is 1.64. The van der Waals surface area contributed by atoms with E-state index in [9.17, 15) is 9.59 Å². The summed E-state index contributed by atoms with van der Waals surface area (Å²) in [4.78, 5) is 21.9. The molecule has 0 spiro atoms. The highest BCUT2D eigenvalue weighted by Crippen LogP contribution is 2.13. The molecule has 0 aliphatic rings. The van der Waals surface area contributed by atoms with E-state index in [1.165, 1.54) is 0 Å². The first-order chi connectivity index (χ1) is 8.49. The first-order valence-electron chi connectivity index (χ1n) is 5.68. The number of carbonyl (C=O) groups excluding carboxylic acids is 1. The van der Waals surface area contributed by atoms with Crippen LogP contribution in [0.1, 0.15) is 18.1 Å². The van der Waals surface area contributed by atoms with Gasteiger partial charge in [-0.25, -0.2) is 0 Å². The van der Waals surface area contributed by atoms with E-state index in [2.05, 4.69) is 11.9 Å². The Bertz CT molecular complexity index is 466. The molecule has 0 saturated heterocycles. The SMILES string of the molecule is C=C(C)Cc1ccccc1CC(=O)NCC(=O)O. The lowest BCUT2D eigenvalue weighted by Crippen LogP contribution is -2.30. The van der Waals surface area contributed by atoms with Crippen LogP contribution in [-0.2, 0) is 22.4 Å². The largest absolute Gasteiger partial charge is 0.480 e. The highest BCUT2D eigenvalue weighted by Gasteiger charge is 2.08. The van der Waals surface area contributed by atoms with Gasteiger partial charge in [0.05, 0.1) is 6.42 Å². The zero-order valence-electron chi connectivity index (χ0n) is 10.4. The number of allylic oxidation sites excluding steroid dienone is 1. The Kier molecular flexibility index (Phi) is 5.11. The number of aliphatic carboxylic acids is 1. The van der Waals surface area contributed by atoms with Gasteiger partial charge in [-0.3, -0.25) is 9.59 Å². The van der Waals surface area contributed by atoms with Gasteiger partial charge in [0.25, 0.3) is 0 Å². The minimum atomic E-state index is -1.04. The smallest absolute Gasteiger partial charge is 0.322 e. The molecular formula is C14H17NO3. The van der Waals surface area contributed by atoms with E-state index in [0.29, 0.717) is 0 Å². The summed E-state index contributed by atoms with van der Waals surface area (Å²) >= 11 is 0. The molecule has 1 amide bonds. The van der Waals surface area contributed by atoms with Gasteiger partial charge in [0.15, 0.2) is 0 Å². The maximum absolute atomic E-state index is 11.6. The van der Waals surface area contributed by atoms with Crippen LogP contribution in [0.2, 0.25) is 0 Å². The summed E-state index contributed by atoms with van der Waals surface area (Å²) in [5.41, 5.74) is 2.98. The molecule has 0 heterocycles. The van der Waals surface area contributed by atoms with Crippen LogP contribution in [0, 0.1) is 0 Å². The van der Waals surface area contributed by atoms with Crippen LogP contribution in [0.5, 0.6) is 0 Å². The molecule has 1 aromatic rings. The van der Waals surface area contributed by atoms with Crippen LogP contribution in [0.25, 0.3) is 0 Å². The number of nitrogens with one attached hydrogen (secondary N) is 1. The second-order valence-corrected chi connectivity index (χ2v) is 4.25. The van der Waals surface area contributed by atoms with E-state index in [0.717, 1.165) is 23.1 Å². The number of carbonyl (C=O) groups is 2. The van der Waals surface area contributed by atoms with Crippen LogP contribution < -0.4 is 5.32 Å². The first kappa shape index (κ1) is 14.0. The van der Waals surface area contributed by atoms with Crippen molar-refractivity contribution in [1.29, 1.82) is 0 Å². The molecule has 0 bridgehead atoms. The van der Waals surface area contributed by atoms with E-state index in [-0.39, 0.29) is 18.9 Å². The van der Waals surface area contributed by atoms with Crippen LogP contribution in [0.15, 0.2) is 36.4 Å². The minimum absolute atomic E-state index is 0.191. The molecule has 1 aromatic carbocycles. The third-order valence-corrected chi connectivity index (χ3v) is 2.40. The molecule has 96 valence electrons. The van der Waals surface area contributed by atoms with E-state index in [1.807, 2.05) is 31.2 Å². The van der Waals surface area contributed by atoms with Crippen molar-refractivity contribution in [1.82, 2.24) is 5.32 Å². The molecule has 4 heteroatoms. The van der Waals surface area contributed by atoms with Crippen LogP contribution >= 0.6 is 0 Å². The Morgan fingerprint density at radius 1 is 1.22 bits per heavy atom. The Balaban J connectivity index is 2.68. The lowest BCUT2D eigenvalue weighted by atomic mass is 9.99. The van der Waals surface area contributed by atoms with Crippen LogP contribution in [0.4, 0.5) is 0 Å². The summed E-state index contributed by atoms with van der Waals surface area (Å²) in [6.07, 6.45) is 0.916. The first-order valence-corrected chi connectivity index (χ1v) is 5.68. The van der Waals surface area contributed by atoms with Gasteiger partial charge >= 0.3 is 5.97 Å². The molecule has 1 rings (SSSR count). The molecule has 0 aliphatic carbocycles. The maximum atomic E-state index is 11.6. The number of carboxylic acid groups (broad SMARTS) is 1. The number of carboxylic acids is 1. The second-order valence-electron chi connectivity index (χ2n) is 4.25. The predicted octanol–water partition coefficient (Wildman–Crippen LogP) is 1.55. The molecule has 0 radical (unpaired) electrons. The Hall–Kier alpha value is -2.10. The molecule has 0 fully saturated rings. The summed E-state index contributed by atoms with van der Waals surface area (Å²) in [5.74, 6) is -1.33. The topological polar surface area (TPSA) is 66.4 Å². The summed E-state index contributed by atoms with van der Waals surface area (Å²) in [5, 5.41) is 10.8. The Morgan fingerprint density at radius 3 is 2.28 bits per heavy atom. The van der Waals surface area contributed by atoms with Gasteiger partial charge in [0, 0.05) is 0 Å². The average molecular weight is 247 g/mol. The number of hydrogen-bond donors (Lipinski definition) is 2. The van der Waals surface area contributed by atoms with E-state index < -0.39 is 5.97 Å². The summed E-state index contributed by atoms with van der Waals surface area (Å²) in [6.45, 7) is 5.44. The number of amides is 1. The lowest BCUT2D eigenvalue weighted by Gasteiger charge is -2.09. The normalized spacial score (nSPS) is 9.83. The highest BCUT2D eigenvalue weighted by atomic mass is 16.4. The van der Waals surface area contributed by atoms with Gasteiger partial charge in [-0.1, -0.05) is 36.4 Å². The van der Waals surface area contributed by atoms with Crippen molar-refractivity contribution in [3.8, 4) is 0 Å². The van der Waals surface area contributed by atoms with Crippen LogP contribution in [0.3, 0.4) is 0 Å². The maximum Gasteiger partial charge on any atom is 0.322 e. The molecule has 0 aromatic heterocycles. The third-order valence-electron chi connectivity index (χ3n) is 2.40. The molecular weight excluding hydrogens is 230 g/mol. The van der Waals surface area contributed by atoms with Crippen molar-refractivity contribution in [2.75, 3.05) is 6.54 Å². The number of benzene rings is 1. The molecule has 2 N–H and O–H groups in total. The van der Waals surface area contributed by atoms with Gasteiger partial charge in [0.1, 0.15) is 6.54 Å². The zero-order chi connectivity index (χ0) is 13.5. The zero-order valence-corrected chi connectivity index (χ0v) is 10.4. The van der Waals surface area contributed by atoms with E-state index >= 15 is 0 Å².